The highest BCUT2D eigenvalue weighted by molar-refractivity contribution is 6.31. The Morgan fingerprint density at radius 3 is 2.42 bits per heavy atom. The molecule has 0 aliphatic carbocycles. The third kappa shape index (κ3) is 2.40. The maximum atomic E-state index is 6.12. The summed E-state index contributed by atoms with van der Waals surface area (Å²) < 4.78 is 5.16. The molecule has 0 amide bonds. The summed E-state index contributed by atoms with van der Waals surface area (Å²) in [5.74, 6) is 0.795. The lowest BCUT2D eigenvalue weighted by Crippen LogP contribution is -1.85. The van der Waals surface area contributed by atoms with Gasteiger partial charge in [0, 0.05) is 16.7 Å². The fourth-order valence-electron chi connectivity index (χ4n) is 2.09. The Kier molecular flexibility index (Phi) is 3.10. The number of hydrogen-bond donors (Lipinski definition) is 0. The number of aryl methyl sites for hydroxylation is 1. The summed E-state index contributed by atoms with van der Waals surface area (Å²) in [7, 11) is 0. The average Bonchev–Trinajstić information content (AvgIpc) is 2.86. The summed E-state index contributed by atoms with van der Waals surface area (Å²) in [4.78, 5) is 0. The van der Waals surface area contributed by atoms with Crippen LogP contribution in [0.1, 0.15) is 5.76 Å². The molecular weight excluding hydrogens is 258 g/mol. The molecule has 94 valence electrons. The molecule has 0 aliphatic heterocycles. The molecule has 1 aromatic heterocycles. The minimum atomic E-state index is 0.711. The predicted octanol–water partition coefficient (Wildman–Crippen LogP) is 4.97. The van der Waals surface area contributed by atoms with Gasteiger partial charge in [0.2, 0.25) is 0 Å². The van der Waals surface area contributed by atoms with Crippen molar-refractivity contribution in [1.82, 2.24) is 5.16 Å². The van der Waals surface area contributed by atoms with Crippen LogP contribution in [0, 0.1) is 6.92 Å². The van der Waals surface area contributed by atoms with Gasteiger partial charge in [0.05, 0.1) is 0 Å². The molecule has 0 N–H and O–H groups in total. The van der Waals surface area contributed by atoms with E-state index in [-0.39, 0.29) is 0 Å². The summed E-state index contributed by atoms with van der Waals surface area (Å²) in [6.45, 7) is 1.88. The molecule has 0 spiro atoms. The first-order valence-electron chi connectivity index (χ1n) is 6.03. The van der Waals surface area contributed by atoms with E-state index in [4.69, 9.17) is 16.1 Å². The first-order valence-corrected chi connectivity index (χ1v) is 6.40. The van der Waals surface area contributed by atoms with Crippen LogP contribution in [0.15, 0.2) is 59.1 Å². The molecule has 2 nitrogen and oxygen atoms in total. The number of aromatic nitrogens is 1. The number of benzene rings is 2. The monoisotopic (exact) mass is 269 g/mol. The third-order valence-corrected chi connectivity index (χ3v) is 3.21. The number of nitrogens with zero attached hydrogens (tertiary/aromatic N) is 1. The van der Waals surface area contributed by atoms with Crippen LogP contribution in [0.2, 0.25) is 5.02 Å². The molecule has 1 heterocycles. The van der Waals surface area contributed by atoms with Crippen LogP contribution in [-0.4, -0.2) is 5.16 Å². The Balaban J connectivity index is 2.20. The third-order valence-electron chi connectivity index (χ3n) is 2.97. The molecule has 0 bridgehead atoms. The van der Waals surface area contributed by atoms with Crippen LogP contribution < -0.4 is 0 Å². The lowest BCUT2D eigenvalue weighted by Gasteiger charge is -2.08. The van der Waals surface area contributed by atoms with E-state index in [2.05, 4.69) is 17.3 Å². The summed E-state index contributed by atoms with van der Waals surface area (Å²) in [6.07, 6.45) is 0. The second-order valence-corrected chi connectivity index (χ2v) is 4.82. The van der Waals surface area contributed by atoms with E-state index in [1.807, 2.05) is 49.4 Å². The number of halogens is 1. The first kappa shape index (κ1) is 12.0. The van der Waals surface area contributed by atoms with Crippen molar-refractivity contribution in [3.8, 4) is 22.4 Å². The molecule has 0 fully saturated rings. The van der Waals surface area contributed by atoms with Gasteiger partial charge in [-0.1, -0.05) is 53.2 Å². The van der Waals surface area contributed by atoms with Crippen molar-refractivity contribution in [2.75, 3.05) is 0 Å². The Morgan fingerprint density at radius 1 is 0.947 bits per heavy atom. The summed E-state index contributed by atoms with van der Waals surface area (Å²) >= 11 is 6.12. The van der Waals surface area contributed by atoms with E-state index in [9.17, 15) is 0 Å². The van der Waals surface area contributed by atoms with E-state index >= 15 is 0 Å². The van der Waals surface area contributed by atoms with Crippen LogP contribution in [-0.2, 0) is 0 Å². The van der Waals surface area contributed by atoms with Gasteiger partial charge in [0.25, 0.3) is 0 Å². The van der Waals surface area contributed by atoms with Gasteiger partial charge >= 0.3 is 0 Å². The lowest BCUT2D eigenvalue weighted by molar-refractivity contribution is 0.399. The highest BCUT2D eigenvalue weighted by Gasteiger charge is 2.11. The quantitative estimate of drug-likeness (QED) is 0.656. The van der Waals surface area contributed by atoms with E-state index in [0.29, 0.717) is 5.02 Å². The van der Waals surface area contributed by atoms with Gasteiger partial charge in [-0.2, -0.15) is 0 Å². The van der Waals surface area contributed by atoms with Gasteiger partial charge in [-0.3, -0.25) is 0 Å². The standard InChI is InChI=1S/C16H12ClNO/c1-11-9-16(18-19-11)14-8-7-13(17)10-15(14)12-5-3-2-4-6-12/h2-10H,1H3. The van der Waals surface area contributed by atoms with Crippen molar-refractivity contribution >= 4 is 11.6 Å². The molecule has 0 unspecified atom stereocenters. The fourth-order valence-corrected chi connectivity index (χ4v) is 2.26. The first-order chi connectivity index (χ1) is 9.24. The number of rotatable bonds is 2. The second-order valence-electron chi connectivity index (χ2n) is 4.38. The lowest BCUT2D eigenvalue weighted by atomic mass is 9.98. The van der Waals surface area contributed by atoms with Crippen LogP contribution in [0.25, 0.3) is 22.4 Å². The highest BCUT2D eigenvalue weighted by Crippen LogP contribution is 2.33. The van der Waals surface area contributed by atoms with Crippen LogP contribution >= 0.6 is 11.6 Å². The average molecular weight is 270 g/mol. The smallest absolute Gasteiger partial charge is 0.134 e. The van der Waals surface area contributed by atoms with Crippen molar-refractivity contribution in [3.05, 3.63) is 65.4 Å². The van der Waals surface area contributed by atoms with Gasteiger partial charge in [0.1, 0.15) is 11.5 Å². The van der Waals surface area contributed by atoms with Gasteiger partial charge < -0.3 is 4.52 Å². The Morgan fingerprint density at radius 2 is 1.74 bits per heavy atom. The zero-order valence-electron chi connectivity index (χ0n) is 10.4. The molecule has 0 radical (unpaired) electrons. The molecule has 3 rings (SSSR count). The van der Waals surface area contributed by atoms with Crippen LogP contribution in [0.4, 0.5) is 0 Å². The predicted molar refractivity (Wildman–Crippen MR) is 77.1 cm³/mol. The molecule has 3 aromatic rings. The fraction of sp³-hybridized carbons (Fsp3) is 0.0625. The zero-order chi connectivity index (χ0) is 13.2. The van der Waals surface area contributed by atoms with Gasteiger partial charge in [-0.15, -0.1) is 0 Å². The van der Waals surface area contributed by atoms with Gasteiger partial charge in [-0.25, -0.2) is 0 Å². The minimum absolute atomic E-state index is 0.711. The molecule has 0 atom stereocenters. The zero-order valence-corrected chi connectivity index (χ0v) is 11.2. The normalized spacial score (nSPS) is 10.6. The summed E-state index contributed by atoms with van der Waals surface area (Å²) in [5, 5.41) is 4.79. The van der Waals surface area contributed by atoms with Crippen molar-refractivity contribution in [2.24, 2.45) is 0 Å². The van der Waals surface area contributed by atoms with Gasteiger partial charge in [0.15, 0.2) is 0 Å². The summed E-state index contributed by atoms with van der Waals surface area (Å²) in [6, 6.07) is 17.8. The maximum absolute atomic E-state index is 6.12. The molecule has 3 heteroatoms. The van der Waals surface area contributed by atoms with Crippen molar-refractivity contribution < 1.29 is 4.52 Å². The second kappa shape index (κ2) is 4.90. The molecular formula is C16H12ClNO. The largest absolute Gasteiger partial charge is 0.361 e. The molecule has 0 aliphatic rings. The number of hydrogen-bond acceptors (Lipinski definition) is 2. The van der Waals surface area contributed by atoms with Gasteiger partial charge in [-0.05, 0) is 30.2 Å². The molecule has 19 heavy (non-hydrogen) atoms. The Labute approximate surface area is 116 Å². The van der Waals surface area contributed by atoms with Crippen molar-refractivity contribution in [1.29, 1.82) is 0 Å². The van der Waals surface area contributed by atoms with E-state index in [1.54, 1.807) is 0 Å². The Bertz CT molecular complexity index is 704. The maximum Gasteiger partial charge on any atom is 0.134 e. The Hall–Kier alpha value is -2.06. The van der Waals surface area contributed by atoms with Crippen LogP contribution in [0.5, 0.6) is 0 Å². The van der Waals surface area contributed by atoms with Crippen molar-refractivity contribution in [3.63, 3.8) is 0 Å². The van der Waals surface area contributed by atoms with E-state index in [1.165, 1.54) is 0 Å². The highest BCUT2D eigenvalue weighted by atomic mass is 35.5. The SMILES string of the molecule is Cc1cc(-c2ccc(Cl)cc2-c2ccccc2)no1. The topological polar surface area (TPSA) is 26.0 Å². The molecule has 0 saturated heterocycles. The van der Waals surface area contributed by atoms with Crippen molar-refractivity contribution in [2.45, 2.75) is 6.92 Å². The molecule has 2 aromatic carbocycles. The summed E-state index contributed by atoms with van der Waals surface area (Å²) in [5.41, 5.74) is 4.02. The molecule has 0 saturated carbocycles. The minimum Gasteiger partial charge on any atom is -0.361 e. The van der Waals surface area contributed by atoms with Crippen LogP contribution in [0.3, 0.4) is 0 Å². The van der Waals surface area contributed by atoms with E-state index in [0.717, 1.165) is 28.1 Å². The van der Waals surface area contributed by atoms with E-state index < -0.39 is 0 Å².